The molecule has 0 aliphatic rings. The lowest BCUT2D eigenvalue weighted by Crippen LogP contribution is -2.20. The summed E-state index contributed by atoms with van der Waals surface area (Å²) in [5.74, 6) is 0.113. The van der Waals surface area contributed by atoms with Crippen molar-refractivity contribution in [3.05, 3.63) is 24.0 Å². The van der Waals surface area contributed by atoms with E-state index in [1.54, 1.807) is 19.3 Å². The number of pyridine rings is 1. The van der Waals surface area contributed by atoms with E-state index in [0.29, 0.717) is 18.7 Å². The molecule has 0 spiro atoms. The average molecular weight is 243 g/mol. The van der Waals surface area contributed by atoms with Crippen LogP contribution in [-0.2, 0) is 10.0 Å². The Labute approximate surface area is 96.3 Å². The standard InChI is InChI=1S/C10H17N3O2S/c1-9-4-6-12-8-10(9)13-16(14,15)7-3-5-11-2/h4,6,8,11,13H,3,5,7H2,1-2H3. The summed E-state index contributed by atoms with van der Waals surface area (Å²) in [6.07, 6.45) is 3.74. The smallest absolute Gasteiger partial charge is 0.232 e. The average Bonchev–Trinajstić information content (AvgIpc) is 2.21. The number of aryl methyl sites for hydroxylation is 1. The van der Waals surface area contributed by atoms with Gasteiger partial charge in [0.15, 0.2) is 0 Å². The van der Waals surface area contributed by atoms with Gasteiger partial charge in [-0.2, -0.15) is 0 Å². The first-order chi connectivity index (χ1) is 7.55. The molecule has 1 aromatic rings. The maximum absolute atomic E-state index is 11.7. The van der Waals surface area contributed by atoms with Gasteiger partial charge in [0, 0.05) is 6.20 Å². The van der Waals surface area contributed by atoms with E-state index in [1.807, 2.05) is 6.92 Å². The maximum atomic E-state index is 11.7. The second-order valence-electron chi connectivity index (χ2n) is 3.57. The molecule has 0 fully saturated rings. The molecule has 0 radical (unpaired) electrons. The summed E-state index contributed by atoms with van der Waals surface area (Å²) in [6, 6.07) is 1.77. The molecule has 0 unspecified atom stereocenters. The van der Waals surface area contributed by atoms with Gasteiger partial charge in [0.05, 0.1) is 17.6 Å². The Hall–Kier alpha value is -1.14. The molecule has 0 atom stereocenters. The fraction of sp³-hybridized carbons (Fsp3) is 0.500. The van der Waals surface area contributed by atoms with Crippen molar-refractivity contribution in [2.45, 2.75) is 13.3 Å². The zero-order valence-electron chi connectivity index (χ0n) is 9.53. The van der Waals surface area contributed by atoms with Crippen molar-refractivity contribution in [2.24, 2.45) is 0 Å². The molecule has 0 amide bonds. The predicted molar refractivity (Wildman–Crippen MR) is 64.9 cm³/mol. The van der Waals surface area contributed by atoms with E-state index in [9.17, 15) is 8.42 Å². The fourth-order valence-corrected chi connectivity index (χ4v) is 2.40. The Balaban J connectivity index is 2.63. The van der Waals surface area contributed by atoms with Gasteiger partial charge in [0.2, 0.25) is 10.0 Å². The summed E-state index contributed by atoms with van der Waals surface area (Å²) in [5, 5.41) is 2.91. The zero-order chi connectivity index (χ0) is 12.0. The Bertz CT molecular complexity index is 431. The van der Waals surface area contributed by atoms with Gasteiger partial charge in [0.25, 0.3) is 0 Å². The quantitative estimate of drug-likeness (QED) is 0.723. The van der Waals surface area contributed by atoms with E-state index in [0.717, 1.165) is 5.56 Å². The van der Waals surface area contributed by atoms with Gasteiger partial charge in [-0.1, -0.05) is 0 Å². The molecular formula is C10H17N3O2S. The minimum atomic E-state index is -3.26. The number of hydrogen-bond donors (Lipinski definition) is 2. The van der Waals surface area contributed by atoms with Crippen LogP contribution in [0.3, 0.4) is 0 Å². The minimum Gasteiger partial charge on any atom is -0.320 e. The van der Waals surface area contributed by atoms with Gasteiger partial charge in [-0.25, -0.2) is 8.42 Å². The second-order valence-corrected chi connectivity index (χ2v) is 5.41. The Morgan fingerprint density at radius 2 is 2.19 bits per heavy atom. The van der Waals surface area contributed by atoms with Crippen LogP contribution in [0.2, 0.25) is 0 Å². The normalized spacial score (nSPS) is 11.4. The van der Waals surface area contributed by atoms with Gasteiger partial charge in [-0.15, -0.1) is 0 Å². The summed E-state index contributed by atoms with van der Waals surface area (Å²) in [7, 11) is -1.46. The van der Waals surface area contributed by atoms with E-state index in [2.05, 4.69) is 15.0 Å². The van der Waals surface area contributed by atoms with E-state index in [-0.39, 0.29) is 5.75 Å². The molecule has 2 N–H and O–H groups in total. The highest BCUT2D eigenvalue weighted by atomic mass is 32.2. The lowest BCUT2D eigenvalue weighted by molar-refractivity contribution is 0.597. The molecule has 5 nitrogen and oxygen atoms in total. The van der Waals surface area contributed by atoms with E-state index in [4.69, 9.17) is 0 Å². The molecule has 0 saturated carbocycles. The third-order valence-electron chi connectivity index (χ3n) is 2.14. The molecular weight excluding hydrogens is 226 g/mol. The number of rotatable bonds is 6. The van der Waals surface area contributed by atoms with Crippen LogP contribution in [0.5, 0.6) is 0 Å². The molecule has 16 heavy (non-hydrogen) atoms. The van der Waals surface area contributed by atoms with Crippen LogP contribution in [0.15, 0.2) is 18.5 Å². The highest BCUT2D eigenvalue weighted by Gasteiger charge is 2.10. The highest BCUT2D eigenvalue weighted by molar-refractivity contribution is 7.92. The molecule has 1 heterocycles. The number of aromatic nitrogens is 1. The molecule has 1 rings (SSSR count). The minimum absolute atomic E-state index is 0.113. The fourth-order valence-electron chi connectivity index (χ4n) is 1.23. The van der Waals surface area contributed by atoms with Crippen molar-refractivity contribution in [1.29, 1.82) is 0 Å². The van der Waals surface area contributed by atoms with Crippen molar-refractivity contribution in [3.8, 4) is 0 Å². The van der Waals surface area contributed by atoms with Crippen LogP contribution in [0.4, 0.5) is 5.69 Å². The maximum Gasteiger partial charge on any atom is 0.232 e. The largest absolute Gasteiger partial charge is 0.320 e. The number of hydrogen-bond acceptors (Lipinski definition) is 4. The second kappa shape index (κ2) is 5.81. The van der Waals surface area contributed by atoms with E-state index >= 15 is 0 Å². The number of nitrogens with zero attached hydrogens (tertiary/aromatic N) is 1. The van der Waals surface area contributed by atoms with Gasteiger partial charge in [-0.3, -0.25) is 9.71 Å². The SMILES string of the molecule is CNCCCS(=O)(=O)Nc1cnccc1C. The third-order valence-corrected chi connectivity index (χ3v) is 3.50. The summed E-state index contributed by atoms with van der Waals surface area (Å²) in [4.78, 5) is 3.89. The van der Waals surface area contributed by atoms with E-state index < -0.39 is 10.0 Å². The van der Waals surface area contributed by atoms with Crippen molar-refractivity contribution in [3.63, 3.8) is 0 Å². The summed E-state index contributed by atoms with van der Waals surface area (Å²) < 4.78 is 25.8. The van der Waals surface area contributed by atoms with Crippen LogP contribution in [0, 0.1) is 6.92 Å². The van der Waals surface area contributed by atoms with Crippen molar-refractivity contribution in [1.82, 2.24) is 10.3 Å². The highest BCUT2D eigenvalue weighted by Crippen LogP contribution is 2.13. The first-order valence-electron chi connectivity index (χ1n) is 5.11. The lowest BCUT2D eigenvalue weighted by Gasteiger charge is -2.09. The summed E-state index contributed by atoms with van der Waals surface area (Å²) in [6.45, 7) is 2.53. The molecule has 0 aliphatic heterocycles. The van der Waals surface area contributed by atoms with Crippen LogP contribution < -0.4 is 10.0 Å². The first kappa shape index (κ1) is 12.9. The lowest BCUT2D eigenvalue weighted by atomic mass is 10.3. The van der Waals surface area contributed by atoms with Crippen molar-refractivity contribution < 1.29 is 8.42 Å². The van der Waals surface area contributed by atoms with Gasteiger partial charge < -0.3 is 5.32 Å². The zero-order valence-corrected chi connectivity index (χ0v) is 10.3. The summed E-state index contributed by atoms with van der Waals surface area (Å²) in [5.41, 5.74) is 1.42. The van der Waals surface area contributed by atoms with E-state index in [1.165, 1.54) is 6.20 Å². The number of sulfonamides is 1. The van der Waals surface area contributed by atoms with Gasteiger partial charge in [0.1, 0.15) is 0 Å². The van der Waals surface area contributed by atoms with Crippen LogP contribution >= 0.6 is 0 Å². The predicted octanol–water partition coefficient (Wildman–Crippen LogP) is 0.741. The monoisotopic (exact) mass is 243 g/mol. The third kappa shape index (κ3) is 4.16. The number of nitrogens with one attached hydrogen (secondary N) is 2. The molecule has 0 aromatic carbocycles. The molecule has 0 aliphatic carbocycles. The molecule has 90 valence electrons. The Morgan fingerprint density at radius 1 is 1.44 bits per heavy atom. The molecule has 6 heteroatoms. The van der Waals surface area contributed by atoms with Gasteiger partial charge in [-0.05, 0) is 38.6 Å². The number of anilines is 1. The van der Waals surface area contributed by atoms with Crippen molar-refractivity contribution in [2.75, 3.05) is 24.1 Å². The molecule has 0 bridgehead atoms. The van der Waals surface area contributed by atoms with Crippen molar-refractivity contribution >= 4 is 15.7 Å². The topological polar surface area (TPSA) is 71.1 Å². The Kier molecular flexibility index (Phi) is 4.70. The summed E-state index contributed by atoms with van der Waals surface area (Å²) >= 11 is 0. The van der Waals surface area contributed by atoms with Crippen LogP contribution in [0.25, 0.3) is 0 Å². The molecule has 0 saturated heterocycles. The Morgan fingerprint density at radius 3 is 2.81 bits per heavy atom. The first-order valence-corrected chi connectivity index (χ1v) is 6.76. The van der Waals surface area contributed by atoms with Crippen LogP contribution in [0.1, 0.15) is 12.0 Å². The van der Waals surface area contributed by atoms with Crippen LogP contribution in [-0.4, -0.2) is 32.7 Å². The van der Waals surface area contributed by atoms with Gasteiger partial charge >= 0.3 is 0 Å². The molecule has 1 aromatic heterocycles.